The standard InChI is InChI=1S/C19H19ClFNO3/c1-11-9-15(16(20)10-17(11)21)18(23)22-14-6-4-13(5-7-14)8-12(2)19(24)25-3/h4-7,9-10,12H,8H2,1-3H3,(H,22,23). The number of methoxy groups -OCH3 is 1. The van der Waals surface area contributed by atoms with Crippen molar-refractivity contribution in [3.63, 3.8) is 0 Å². The topological polar surface area (TPSA) is 55.4 Å². The Kier molecular flexibility index (Phi) is 6.15. The molecule has 2 aromatic carbocycles. The first-order valence-electron chi connectivity index (χ1n) is 7.75. The lowest BCUT2D eigenvalue weighted by atomic mass is 10.0. The fourth-order valence-corrected chi connectivity index (χ4v) is 2.63. The van der Waals surface area contributed by atoms with E-state index in [1.807, 2.05) is 12.1 Å². The number of nitrogens with one attached hydrogen (secondary N) is 1. The molecule has 2 aromatic rings. The lowest BCUT2D eigenvalue weighted by molar-refractivity contribution is -0.144. The van der Waals surface area contributed by atoms with Crippen molar-refractivity contribution in [3.05, 3.63) is 63.9 Å². The Morgan fingerprint density at radius 1 is 1.24 bits per heavy atom. The molecule has 1 amide bonds. The van der Waals surface area contributed by atoms with Crippen LogP contribution in [0.25, 0.3) is 0 Å². The summed E-state index contributed by atoms with van der Waals surface area (Å²) in [6.07, 6.45) is 0.546. The zero-order chi connectivity index (χ0) is 18.6. The molecule has 0 aliphatic carbocycles. The lowest BCUT2D eigenvalue weighted by Gasteiger charge is -2.11. The van der Waals surface area contributed by atoms with Crippen LogP contribution >= 0.6 is 11.6 Å². The number of carbonyl (C=O) groups excluding carboxylic acids is 2. The SMILES string of the molecule is COC(=O)C(C)Cc1ccc(NC(=O)c2cc(C)c(F)cc2Cl)cc1. The molecule has 25 heavy (non-hydrogen) atoms. The van der Waals surface area contributed by atoms with Gasteiger partial charge in [0, 0.05) is 5.69 Å². The van der Waals surface area contributed by atoms with Crippen molar-refractivity contribution >= 4 is 29.2 Å². The van der Waals surface area contributed by atoms with Crippen molar-refractivity contribution in [2.45, 2.75) is 20.3 Å². The maximum Gasteiger partial charge on any atom is 0.308 e. The van der Waals surface area contributed by atoms with Gasteiger partial charge in [0.1, 0.15) is 5.82 Å². The van der Waals surface area contributed by atoms with Crippen LogP contribution in [0.15, 0.2) is 36.4 Å². The Balaban J connectivity index is 2.07. The number of carbonyl (C=O) groups is 2. The predicted octanol–water partition coefficient (Wildman–Crippen LogP) is 4.39. The summed E-state index contributed by atoms with van der Waals surface area (Å²) in [5.74, 6) is -1.38. The van der Waals surface area contributed by atoms with Gasteiger partial charge in [0.15, 0.2) is 0 Å². The quantitative estimate of drug-likeness (QED) is 0.801. The number of esters is 1. The van der Waals surface area contributed by atoms with E-state index in [9.17, 15) is 14.0 Å². The molecule has 0 aliphatic heterocycles. The van der Waals surface area contributed by atoms with Crippen molar-refractivity contribution in [1.82, 2.24) is 0 Å². The van der Waals surface area contributed by atoms with Crippen LogP contribution in [0.4, 0.5) is 10.1 Å². The molecule has 2 rings (SSSR count). The highest BCUT2D eigenvalue weighted by Gasteiger charge is 2.15. The average Bonchev–Trinajstić information content (AvgIpc) is 2.58. The van der Waals surface area contributed by atoms with Gasteiger partial charge in [-0.15, -0.1) is 0 Å². The van der Waals surface area contributed by atoms with E-state index >= 15 is 0 Å². The smallest absolute Gasteiger partial charge is 0.308 e. The molecule has 0 bridgehead atoms. The number of rotatable bonds is 5. The summed E-state index contributed by atoms with van der Waals surface area (Å²) in [6, 6.07) is 9.67. The monoisotopic (exact) mass is 363 g/mol. The Hall–Kier alpha value is -2.40. The summed E-state index contributed by atoms with van der Waals surface area (Å²) in [5.41, 5.74) is 2.09. The van der Waals surface area contributed by atoms with Gasteiger partial charge in [-0.3, -0.25) is 9.59 Å². The number of anilines is 1. The fourth-order valence-electron chi connectivity index (χ4n) is 2.39. The summed E-state index contributed by atoms with van der Waals surface area (Å²) in [7, 11) is 1.36. The molecule has 0 saturated carbocycles. The normalized spacial score (nSPS) is 11.7. The van der Waals surface area contributed by atoms with E-state index in [1.165, 1.54) is 13.2 Å². The van der Waals surface area contributed by atoms with Crippen molar-refractivity contribution in [2.75, 3.05) is 12.4 Å². The van der Waals surface area contributed by atoms with Crippen molar-refractivity contribution in [3.8, 4) is 0 Å². The summed E-state index contributed by atoms with van der Waals surface area (Å²) in [4.78, 5) is 23.8. The molecule has 0 aromatic heterocycles. The van der Waals surface area contributed by atoms with E-state index in [4.69, 9.17) is 16.3 Å². The minimum absolute atomic E-state index is 0.0594. The van der Waals surface area contributed by atoms with Crippen LogP contribution < -0.4 is 5.32 Å². The van der Waals surface area contributed by atoms with Gasteiger partial charge in [-0.2, -0.15) is 0 Å². The first kappa shape index (κ1) is 18.9. The van der Waals surface area contributed by atoms with Crippen LogP contribution in [-0.4, -0.2) is 19.0 Å². The van der Waals surface area contributed by atoms with Gasteiger partial charge in [-0.1, -0.05) is 30.7 Å². The number of aryl methyl sites for hydroxylation is 1. The molecule has 1 N–H and O–H groups in total. The molecular weight excluding hydrogens is 345 g/mol. The molecule has 0 saturated heterocycles. The third-order valence-corrected chi connectivity index (χ3v) is 4.16. The molecule has 0 heterocycles. The van der Waals surface area contributed by atoms with Crippen LogP contribution in [0.3, 0.4) is 0 Å². The highest BCUT2D eigenvalue weighted by Crippen LogP contribution is 2.22. The molecular formula is C19H19ClFNO3. The molecule has 6 heteroatoms. The van der Waals surface area contributed by atoms with Gasteiger partial charge in [-0.25, -0.2) is 4.39 Å². The maximum atomic E-state index is 13.4. The number of halogens is 2. The Morgan fingerprint density at radius 3 is 2.48 bits per heavy atom. The van der Waals surface area contributed by atoms with E-state index < -0.39 is 11.7 Å². The Labute approximate surface area is 150 Å². The van der Waals surface area contributed by atoms with Crippen LogP contribution in [0.5, 0.6) is 0 Å². The second kappa shape index (κ2) is 8.12. The Morgan fingerprint density at radius 2 is 1.88 bits per heavy atom. The highest BCUT2D eigenvalue weighted by atomic mass is 35.5. The number of ether oxygens (including phenoxy) is 1. The minimum atomic E-state index is -0.453. The van der Waals surface area contributed by atoms with Crippen LogP contribution in [0.1, 0.15) is 28.4 Å². The third kappa shape index (κ3) is 4.79. The minimum Gasteiger partial charge on any atom is -0.469 e. The summed E-state index contributed by atoms with van der Waals surface area (Å²) in [5, 5.41) is 2.78. The van der Waals surface area contributed by atoms with E-state index in [0.29, 0.717) is 17.7 Å². The van der Waals surface area contributed by atoms with Crippen LogP contribution in [0, 0.1) is 18.7 Å². The largest absolute Gasteiger partial charge is 0.469 e. The van der Waals surface area contributed by atoms with Crippen LogP contribution in [-0.2, 0) is 16.0 Å². The van der Waals surface area contributed by atoms with Crippen LogP contribution in [0.2, 0.25) is 5.02 Å². The second-order valence-electron chi connectivity index (χ2n) is 5.86. The van der Waals surface area contributed by atoms with E-state index in [0.717, 1.165) is 11.6 Å². The number of hydrogen-bond acceptors (Lipinski definition) is 3. The fraction of sp³-hybridized carbons (Fsp3) is 0.263. The molecule has 132 valence electrons. The van der Waals surface area contributed by atoms with Gasteiger partial charge in [0.05, 0.1) is 23.6 Å². The van der Waals surface area contributed by atoms with E-state index in [-0.39, 0.29) is 22.5 Å². The molecule has 1 unspecified atom stereocenters. The van der Waals surface area contributed by atoms with Crippen molar-refractivity contribution in [1.29, 1.82) is 0 Å². The third-order valence-electron chi connectivity index (χ3n) is 3.85. The van der Waals surface area contributed by atoms with E-state index in [2.05, 4.69) is 5.32 Å². The molecule has 1 atom stereocenters. The zero-order valence-electron chi connectivity index (χ0n) is 14.2. The lowest BCUT2D eigenvalue weighted by Crippen LogP contribution is -2.15. The van der Waals surface area contributed by atoms with Crippen molar-refractivity contribution < 1.29 is 18.7 Å². The van der Waals surface area contributed by atoms with Crippen molar-refractivity contribution in [2.24, 2.45) is 5.92 Å². The summed E-state index contributed by atoms with van der Waals surface area (Å²) >= 11 is 5.94. The first-order valence-corrected chi connectivity index (χ1v) is 8.13. The maximum absolute atomic E-state index is 13.4. The number of benzene rings is 2. The van der Waals surface area contributed by atoms with Gasteiger partial charge < -0.3 is 10.1 Å². The zero-order valence-corrected chi connectivity index (χ0v) is 15.0. The number of hydrogen-bond donors (Lipinski definition) is 1. The molecule has 0 radical (unpaired) electrons. The summed E-state index contributed by atoms with van der Waals surface area (Å²) < 4.78 is 18.1. The summed E-state index contributed by atoms with van der Waals surface area (Å²) in [6.45, 7) is 3.36. The highest BCUT2D eigenvalue weighted by molar-refractivity contribution is 6.34. The molecule has 0 fully saturated rings. The number of amides is 1. The second-order valence-corrected chi connectivity index (χ2v) is 6.27. The van der Waals surface area contributed by atoms with Gasteiger partial charge in [-0.05, 0) is 48.7 Å². The average molecular weight is 364 g/mol. The van der Waals surface area contributed by atoms with E-state index in [1.54, 1.807) is 26.0 Å². The van der Waals surface area contributed by atoms with Gasteiger partial charge in [0.2, 0.25) is 0 Å². The first-order chi connectivity index (χ1) is 11.8. The van der Waals surface area contributed by atoms with Gasteiger partial charge >= 0.3 is 5.97 Å². The molecule has 0 aliphatic rings. The molecule has 0 spiro atoms. The predicted molar refractivity (Wildman–Crippen MR) is 95.4 cm³/mol. The molecule has 4 nitrogen and oxygen atoms in total. The Bertz CT molecular complexity index is 790. The van der Waals surface area contributed by atoms with Gasteiger partial charge in [0.25, 0.3) is 5.91 Å².